The third-order valence-electron chi connectivity index (χ3n) is 4.52. The van der Waals surface area contributed by atoms with E-state index in [0.717, 1.165) is 0 Å². The lowest BCUT2D eigenvalue weighted by atomic mass is 10.1. The van der Waals surface area contributed by atoms with E-state index in [1.165, 1.54) is 6.33 Å². The van der Waals surface area contributed by atoms with Crippen LogP contribution in [-0.4, -0.2) is 81.0 Å². The van der Waals surface area contributed by atoms with Crippen LogP contribution in [0.3, 0.4) is 0 Å². The number of aliphatic carboxylic acids is 1. The molecule has 0 bridgehead atoms. The second kappa shape index (κ2) is 14.7. The number of H-pyrrole nitrogens is 1. The third-order valence-corrected chi connectivity index (χ3v) is 5.25. The molecule has 0 aliphatic carbocycles. The average molecular weight is 490 g/mol. The van der Waals surface area contributed by atoms with Crippen molar-refractivity contribution in [3.05, 3.63) is 18.2 Å². The number of carboxylic acids is 1. The zero-order valence-electron chi connectivity index (χ0n) is 17.5. The van der Waals surface area contributed by atoms with Gasteiger partial charge in [-0.2, -0.15) is 25.3 Å². The number of carbonyl (C=O) groups is 4. The first-order valence-corrected chi connectivity index (χ1v) is 11.3. The number of carbonyl (C=O) groups excluding carboxylic acids is 3. The minimum atomic E-state index is -1.25. The van der Waals surface area contributed by atoms with E-state index in [1.807, 2.05) is 0 Å². The SMILES string of the molecule is NCCCCC(NC(=O)C(N)Cc1cnc[nH]1)C(=O)NC(CS)C(=O)NC(CS)C(=O)O. The molecule has 4 atom stereocenters. The highest BCUT2D eigenvalue weighted by atomic mass is 32.1. The van der Waals surface area contributed by atoms with Crippen molar-refractivity contribution >= 4 is 48.9 Å². The fourth-order valence-electron chi connectivity index (χ4n) is 2.69. The van der Waals surface area contributed by atoms with Gasteiger partial charge >= 0.3 is 5.97 Å². The summed E-state index contributed by atoms with van der Waals surface area (Å²) in [7, 11) is 0. The second-order valence-corrected chi connectivity index (χ2v) is 7.79. The van der Waals surface area contributed by atoms with Gasteiger partial charge in [-0.3, -0.25) is 14.4 Å². The van der Waals surface area contributed by atoms with Gasteiger partial charge in [0.1, 0.15) is 18.1 Å². The van der Waals surface area contributed by atoms with Crippen LogP contribution in [0.4, 0.5) is 0 Å². The molecule has 1 heterocycles. The lowest BCUT2D eigenvalue weighted by Gasteiger charge is -2.24. The highest BCUT2D eigenvalue weighted by Gasteiger charge is 2.29. The molecule has 0 aliphatic heterocycles. The Morgan fingerprint density at radius 2 is 1.59 bits per heavy atom. The van der Waals surface area contributed by atoms with Crippen molar-refractivity contribution in [3.8, 4) is 0 Å². The maximum absolute atomic E-state index is 12.8. The number of amides is 3. The Bertz CT molecular complexity index is 750. The number of rotatable bonds is 15. The molecule has 4 unspecified atom stereocenters. The average Bonchev–Trinajstić information content (AvgIpc) is 3.27. The number of thiol groups is 2. The fourth-order valence-corrected chi connectivity index (χ4v) is 3.20. The monoisotopic (exact) mass is 489 g/mol. The predicted octanol–water partition coefficient (Wildman–Crippen LogP) is -2.19. The van der Waals surface area contributed by atoms with Gasteiger partial charge in [0.2, 0.25) is 17.7 Å². The molecule has 0 radical (unpaired) electrons. The Labute approximate surface area is 196 Å². The maximum Gasteiger partial charge on any atom is 0.327 e. The van der Waals surface area contributed by atoms with E-state index in [1.54, 1.807) is 6.20 Å². The quantitative estimate of drug-likeness (QED) is 0.0974. The summed E-state index contributed by atoms with van der Waals surface area (Å²) in [5, 5.41) is 16.5. The number of aromatic nitrogens is 2. The van der Waals surface area contributed by atoms with Gasteiger partial charge in [-0.25, -0.2) is 9.78 Å². The Kier molecular flexibility index (Phi) is 12.8. The molecule has 0 saturated heterocycles. The summed E-state index contributed by atoms with van der Waals surface area (Å²) >= 11 is 7.95. The van der Waals surface area contributed by atoms with E-state index in [9.17, 15) is 19.2 Å². The molecule has 12 nitrogen and oxygen atoms in total. The van der Waals surface area contributed by atoms with E-state index >= 15 is 0 Å². The van der Waals surface area contributed by atoms with E-state index in [4.69, 9.17) is 16.6 Å². The van der Waals surface area contributed by atoms with Crippen LogP contribution in [0.5, 0.6) is 0 Å². The Hall–Kier alpha value is -2.29. The van der Waals surface area contributed by atoms with E-state index in [0.29, 0.717) is 25.1 Å². The number of hydrogen-bond acceptors (Lipinski definition) is 9. The molecular weight excluding hydrogens is 458 g/mol. The van der Waals surface area contributed by atoms with Crippen LogP contribution >= 0.6 is 25.3 Å². The van der Waals surface area contributed by atoms with Crippen LogP contribution in [0.15, 0.2) is 12.5 Å². The van der Waals surface area contributed by atoms with Crippen LogP contribution in [0.2, 0.25) is 0 Å². The van der Waals surface area contributed by atoms with Gasteiger partial charge in [-0.15, -0.1) is 0 Å². The van der Waals surface area contributed by atoms with Gasteiger partial charge in [0.25, 0.3) is 0 Å². The van der Waals surface area contributed by atoms with Crippen molar-refractivity contribution in [2.75, 3.05) is 18.1 Å². The van der Waals surface area contributed by atoms with Crippen LogP contribution < -0.4 is 27.4 Å². The first-order chi connectivity index (χ1) is 15.2. The summed E-state index contributed by atoms with van der Waals surface area (Å²) in [5.74, 6) is -3.34. The molecule has 1 rings (SSSR count). The highest BCUT2D eigenvalue weighted by Crippen LogP contribution is 2.04. The lowest BCUT2D eigenvalue weighted by Crippen LogP contribution is -2.58. The molecule has 14 heteroatoms. The topological polar surface area (TPSA) is 205 Å². The number of carboxylic acid groups (broad SMARTS) is 1. The number of hydrogen-bond donors (Lipinski definition) is 9. The Morgan fingerprint density at radius 3 is 2.12 bits per heavy atom. The molecule has 9 N–H and O–H groups in total. The minimum absolute atomic E-state index is 0.0840. The highest BCUT2D eigenvalue weighted by molar-refractivity contribution is 7.80. The molecular formula is C18H31N7O5S2. The molecule has 1 aromatic heterocycles. The van der Waals surface area contributed by atoms with Gasteiger partial charge < -0.3 is 37.5 Å². The summed E-state index contributed by atoms with van der Waals surface area (Å²) in [6, 6.07) is -4.21. The van der Waals surface area contributed by atoms with Crippen LogP contribution in [0.1, 0.15) is 25.0 Å². The summed E-state index contributed by atoms with van der Waals surface area (Å²) < 4.78 is 0. The van der Waals surface area contributed by atoms with Gasteiger partial charge in [0, 0.05) is 29.8 Å². The van der Waals surface area contributed by atoms with Crippen molar-refractivity contribution in [1.29, 1.82) is 0 Å². The van der Waals surface area contributed by atoms with E-state index < -0.39 is 47.9 Å². The van der Waals surface area contributed by atoms with E-state index in [2.05, 4.69) is 51.2 Å². The summed E-state index contributed by atoms with van der Waals surface area (Å²) in [6.45, 7) is 0.420. The number of imidazole rings is 1. The smallest absolute Gasteiger partial charge is 0.327 e. The molecule has 0 saturated carbocycles. The largest absolute Gasteiger partial charge is 0.480 e. The van der Waals surface area contributed by atoms with Crippen molar-refractivity contribution in [3.63, 3.8) is 0 Å². The van der Waals surface area contributed by atoms with Crippen molar-refractivity contribution in [1.82, 2.24) is 25.9 Å². The van der Waals surface area contributed by atoms with Gasteiger partial charge in [-0.05, 0) is 25.8 Å². The maximum atomic E-state index is 12.8. The number of unbranched alkanes of at least 4 members (excludes halogenated alkanes) is 1. The first kappa shape index (κ1) is 27.7. The van der Waals surface area contributed by atoms with Crippen LogP contribution in [0, 0.1) is 0 Å². The van der Waals surface area contributed by atoms with Crippen molar-refractivity contribution < 1.29 is 24.3 Å². The van der Waals surface area contributed by atoms with E-state index in [-0.39, 0.29) is 24.3 Å². The molecule has 180 valence electrons. The fraction of sp³-hybridized carbons (Fsp3) is 0.611. The third kappa shape index (κ3) is 9.46. The number of aromatic amines is 1. The van der Waals surface area contributed by atoms with Crippen LogP contribution in [0.25, 0.3) is 0 Å². The van der Waals surface area contributed by atoms with Gasteiger partial charge in [0.05, 0.1) is 12.4 Å². The number of nitrogens with zero attached hydrogens (tertiary/aromatic N) is 1. The van der Waals surface area contributed by atoms with Crippen molar-refractivity contribution in [2.24, 2.45) is 11.5 Å². The normalized spacial score (nSPS) is 14.6. The Morgan fingerprint density at radius 1 is 1.00 bits per heavy atom. The zero-order chi connectivity index (χ0) is 24.1. The predicted molar refractivity (Wildman–Crippen MR) is 124 cm³/mol. The standard InChI is InChI=1S/C18H31N7O5S2/c19-4-2-1-3-12(23-15(26)11(20)5-10-6-21-9-22-10)16(27)24-13(7-31)17(28)25-14(8-32)18(29)30/h6,9,11-14,31-32H,1-5,7-8,19-20H2,(H,21,22)(H,23,26)(H,24,27)(H,25,28)(H,29,30). The van der Waals surface area contributed by atoms with Gasteiger partial charge in [-0.1, -0.05) is 0 Å². The molecule has 32 heavy (non-hydrogen) atoms. The second-order valence-electron chi connectivity index (χ2n) is 7.06. The van der Waals surface area contributed by atoms with Crippen LogP contribution in [-0.2, 0) is 25.6 Å². The lowest BCUT2D eigenvalue weighted by molar-refractivity contribution is -0.141. The summed E-state index contributed by atoms with van der Waals surface area (Å²) in [5.41, 5.74) is 12.1. The summed E-state index contributed by atoms with van der Waals surface area (Å²) in [6.07, 6.45) is 4.69. The molecule has 1 aromatic rings. The molecule has 0 aliphatic rings. The summed E-state index contributed by atoms with van der Waals surface area (Å²) in [4.78, 5) is 55.5. The number of nitrogens with one attached hydrogen (secondary N) is 4. The minimum Gasteiger partial charge on any atom is -0.480 e. The molecule has 0 fully saturated rings. The molecule has 0 aromatic carbocycles. The zero-order valence-corrected chi connectivity index (χ0v) is 19.3. The number of nitrogens with two attached hydrogens (primary N) is 2. The first-order valence-electron chi connectivity index (χ1n) is 10.0. The van der Waals surface area contributed by atoms with Gasteiger partial charge in [0.15, 0.2) is 0 Å². The molecule has 3 amide bonds. The van der Waals surface area contributed by atoms with Crippen molar-refractivity contribution in [2.45, 2.75) is 49.9 Å². The molecule has 0 spiro atoms. The Balaban J connectivity index is 2.79.